The molecule has 23 heavy (non-hydrogen) atoms. The van der Waals surface area contributed by atoms with Gasteiger partial charge in [0.1, 0.15) is 5.41 Å². The summed E-state index contributed by atoms with van der Waals surface area (Å²) in [6.07, 6.45) is 0. The zero-order valence-electron chi connectivity index (χ0n) is 12.3. The molecule has 0 saturated carbocycles. The van der Waals surface area contributed by atoms with Gasteiger partial charge in [-0.15, -0.1) is 0 Å². The van der Waals surface area contributed by atoms with Gasteiger partial charge in [-0.1, -0.05) is 38.1 Å². The first-order valence-electron chi connectivity index (χ1n) is 6.61. The van der Waals surface area contributed by atoms with Crippen molar-refractivity contribution in [3.05, 3.63) is 35.4 Å². The molecular formula is C15H23NNa2O5. The fourth-order valence-electron chi connectivity index (χ4n) is 2.71. The first-order valence-corrected chi connectivity index (χ1v) is 6.61. The van der Waals surface area contributed by atoms with Crippen molar-refractivity contribution in [3.8, 4) is 0 Å². The molecule has 1 aromatic rings. The minimum atomic E-state index is -2.47. The quantitative estimate of drug-likeness (QED) is 0.525. The Hall–Kier alpha value is 0.0800. The molecule has 0 saturated heterocycles. The van der Waals surface area contributed by atoms with Gasteiger partial charge >= 0.3 is 71.1 Å². The summed E-state index contributed by atoms with van der Waals surface area (Å²) in [6, 6.07) is 6.40. The van der Waals surface area contributed by atoms with Gasteiger partial charge in [-0.3, -0.25) is 4.79 Å². The van der Waals surface area contributed by atoms with E-state index < -0.39 is 28.9 Å². The van der Waals surface area contributed by atoms with Gasteiger partial charge in [0.05, 0.1) is 0 Å². The monoisotopic (exact) mass is 343 g/mol. The normalized spacial score (nSPS) is 15.6. The second-order valence-corrected chi connectivity index (χ2v) is 5.52. The van der Waals surface area contributed by atoms with Crippen LogP contribution in [0.4, 0.5) is 0 Å². The van der Waals surface area contributed by atoms with Crippen molar-refractivity contribution in [2.24, 2.45) is 11.7 Å². The molecule has 0 amide bonds. The van der Waals surface area contributed by atoms with Gasteiger partial charge in [0.25, 0.3) is 0 Å². The average molecular weight is 343 g/mol. The maximum atomic E-state index is 11.9. The van der Waals surface area contributed by atoms with Crippen molar-refractivity contribution in [2.45, 2.75) is 38.3 Å². The summed E-state index contributed by atoms with van der Waals surface area (Å²) in [5, 5.41) is 29.9. The Labute approximate surface area is 180 Å². The third kappa shape index (κ3) is 4.19. The molecule has 0 aliphatic carbocycles. The number of carbonyl (C=O) groups is 2. The van der Waals surface area contributed by atoms with Gasteiger partial charge in [-0.05, 0) is 24.0 Å². The van der Waals surface area contributed by atoms with E-state index >= 15 is 0 Å². The molecule has 0 fully saturated rings. The van der Waals surface area contributed by atoms with Crippen LogP contribution >= 0.6 is 0 Å². The minimum absolute atomic E-state index is 0. The Bertz CT molecular complexity index is 567. The van der Waals surface area contributed by atoms with E-state index in [1.54, 1.807) is 18.2 Å². The third-order valence-electron chi connectivity index (χ3n) is 4.13. The number of aliphatic carboxylic acids is 2. The molecule has 0 aliphatic rings. The first-order chi connectivity index (χ1) is 9.63. The summed E-state index contributed by atoms with van der Waals surface area (Å²) in [5.74, 6) is -3.81. The molecular weight excluding hydrogens is 320 g/mol. The van der Waals surface area contributed by atoms with Crippen LogP contribution in [-0.2, 0) is 21.5 Å². The number of benzene rings is 1. The predicted octanol–water partition coefficient (Wildman–Crippen LogP) is -0.338. The molecule has 0 heterocycles. The van der Waals surface area contributed by atoms with E-state index in [4.69, 9.17) is 5.73 Å². The zero-order valence-corrected chi connectivity index (χ0v) is 12.3. The van der Waals surface area contributed by atoms with E-state index in [1.165, 1.54) is 26.8 Å². The second-order valence-electron chi connectivity index (χ2n) is 5.52. The van der Waals surface area contributed by atoms with Gasteiger partial charge < -0.3 is 21.1 Å². The Kier molecular flexibility index (Phi) is 10.5. The van der Waals surface area contributed by atoms with Crippen molar-refractivity contribution in [2.75, 3.05) is 0 Å². The van der Waals surface area contributed by atoms with Gasteiger partial charge in [-0.2, -0.15) is 0 Å². The molecule has 1 rings (SSSR count). The van der Waals surface area contributed by atoms with Crippen molar-refractivity contribution >= 4 is 71.1 Å². The van der Waals surface area contributed by atoms with Crippen LogP contribution in [0.15, 0.2) is 24.3 Å². The number of rotatable bonds is 6. The summed E-state index contributed by atoms with van der Waals surface area (Å²) < 4.78 is 0. The number of aliphatic hydroxyl groups is 1. The maximum absolute atomic E-state index is 11.9. The fourth-order valence-corrected chi connectivity index (χ4v) is 2.71. The molecule has 0 spiro atoms. The Morgan fingerprint density at radius 1 is 1.13 bits per heavy atom. The van der Waals surface area contributed by atoms with Crippen molar-refractivity contribution in [1.29, 1.82) is 0 Å². The number of hydrogen-bond donors (Lipinski definition) is 4. The number of nitrogens with two attached hydrogens (primary N) is 1. The van der Waals surface area contributed by atoms with E-state index in [9.17, 15) is 24.9 Å². The van der Waals surface area contributed by atoms with Gasteiger partial charge in [0.2, 0.25) is 0 Å². The second kappa shape index (κ2) is 9.53. The molecule has 8 heteroatoms. The Morgan fingerprint density at radius 2 is 1.61 bits per heavy atom. The van der Waals surface area contributed by atoms with Crippen LogP contribution in [0.3, 0.4) is 0 Å². The molecule has 120 valence electrons. The van der Waals surface area contributed by atoms with E-state index in [2.05, 4.69) is 0 Å². The van der Waals surface area contributed by atoms with E-state index in [-0.39, 0.29) is 71.2 Å². The first kappa shape index (κ1) is 25.3. The van der Waals surface area contributed by atoms with Gasteiger partial charge in [-0.25, -0.2) is 4.79 Å². The zero-order chi connectivity index (χ0) is 16.4. The summed E-state index contributed by atoms with van der Waals surface area (Å²) >= 11 is 0. The van der Waals surface area contributed by atoms with Crippen LogP contribution in [0.25, 0.3) is 0 Å². The topological polar surface area (TPSA) is 121 Å². The molecule has 5 N–H and O–H groups in total. The van der Waals surface area contributed by atoms with Gasteiger partial charge in [0.15, 0.2) is 5.60 Å². The summed E-state index contributed by atoms with van der Waals surface area (Å²) in [7, 11) is 0. The number of hydrogen-bond acceptors (Lipinski definition) is 4. The van der Waals surface area contributed by atoms with E-state index in [1.807, 2.05) is 0 Å². The summed E-state index contributed by atoms with van der Waals surface area (Å²) in [5.41, 5.74) is 1.82. The molecule has 6 nitrogen and oxygen atoms in total. The van der Waals surface area contributed by atoms with Crippen LogP contribution in [0, 0.1) is 5.92 Å². The van der Waals surface area contributed by atoms with Crippen LogP contribution in [0.2, 0.25) is 0 Å². The molecule has 0 aromatic heterocycles. The van der Waals surface area contributed by atoms with E-state index in [0.29, 0.717) is 5.56 Å². The molecule has 2 atom stereocenters. The van der Waals surface area contributed by atoms with Crippen LogP contribution < -0.4 is 5.73 Å². The number of carboxylic acids is 2. The molecule has 0 aliphatic heterocycles. The SMILES string of the molecule is CC(C)C(O)(C(=O)O)C(C)(C(=O)O)c1ccccc1CN.[NaH].[NaH]. The standard InChI is InChI=1S/C15H21NO5.2Na.2H/c1-9(2)15(21,13(19)20)14(3,12(17)18)11-7-5-4-6-10(11)8-16;;;;/h4-7,9,21H,8,16H2,1-3H3,(H,17,18)(H,19,20);;;;. The molecule has 0 bridgehead atoms. The molecule has 2 unspecified atom stereocenters. The Morgan fingerprint density at radius 3 is 1.96 bits per heavy atom. The van der Waals surface area contributed by atoms with Crippen molar-refractivity contribution in [1.82, 2.24) is 0 Å². The van der Waals surface area contributed by atoms with Crippen molar-refractivity contribution < 1.29 is 24.9 Å². The fraction of sp³-hybridized carbons (Fsp3) is 0.467. The summed E-state index contributed by atoms with van der Waals surface area (Å²) in [6.45, 7) is 4.21. The molecule has 0 radical (unpaired) electrons. The molecule has 1 aromatic carbocycles. The predicted molar refractivity (Wildman–Crippen MR) is 91.0 cm³/mol. The van der Waals surface area contributed by atoms with E-state index in [0.717, 1.165) is 0 Å². The third-order valence-corrected chi connectivity index (χ3v) is 4.13. The number of carboxylic acid groups (broad SMARTS) is 2. The van der Waals surface area contributed by atoms with Gasteiger partial charge in [0, 0.05) is 6.54 Å². The van der Waals surface area contributed by atoms with Crippen LogP contribution in [-0.4, -0.2) is 92.0 Å². The Balaban J connectivity index is 0. The average Bonchev–Trinajstić information content (AvgIpc) is 2.44. The summed E-state index contributed by atoms with van der Waals surface area (Å²) in [4.78, 5) is 23.5. The van der Waals surface area contributed by atoms with Crippen molar-refractivity contribution in [3.63, 3.8) is 0 Å². The van der Waals surface area contributed by atoms with Crippen LogP contribution in [0.5, 0.6) is 0 Å². The van der Waals surface area contributed by atoms with Crippen LogP contribution in [0.1, 0.15) is 31.9 Å².